The molecular weight excluding hydrogens is 219 g/mol. The molecule has 0 saturated heterocycles. The van der Waals surface area contributed by atoms with E-state index in [1.54, 1.807) is 12.1 Å². The number of benzene rings is 1. The summed E-state index contributed by atoms with van der Waals surface area (Å²) in [6, 6.07) is 4.18. The number of amides is 2. The first kappa shape index (κ1) is 15.4. The Bertz CT molecular complexity index is 397. The van der Waals surface area contributed by atoms with Gasteiger partial charge in [-0.3, -0.25) is 0 Å². The molecular formula is C13H21FN2O. The van der Waals surface area contributed by atoms with Gasteiger partial charge in [-0.05, 0) is 45.4 Å². The number of anilines is 1. The van der Waals surface area contributed by atoms with E-state index in [4.69, 9.17) is 0 Å². The molecule has 0 heterocycles. The highest BCUT2D eigenvalue weighted by atomic mass is 19.1. The van der Waals surface area contributed by atoms with Gasteiger partial charge in [-0.1, -0.05) is 13.5 Å². The van der Waals surface area contributed by atoms with Gasteiger partial charge in [-0.2, -0.15) is 0 Å². The van der Waals surface area contributed by atoms with Crippen molar-refractivity contribution in [3.05, 3.63) is 29.6 Å². The fraction of sp³-hybridized carbons (Fsp3) is 0.462. The molecule has 17 heavy (non-hydrogen) atoms. The molecule has 2 amide bonds. The Kier molecular flexibility index (Phi) is 5.13. The first-order valence-corrected chi connectivity index (χ1v) is 5.13. The van der Waals surface area contributed by atoms with Crippen molar-refractivity contribution in [3.63, 3.8) is 0 Å². The molecule has 1 aromatic rings. The van der Waals surface area contributed by atoms with Crippen molar-refractivity contribution in [2.24, 2.45) is 0 Å². The minimum absolute atomic E-state index is 0. The average molecular weight is 240 g/mol. The van der Waals surface area contributed by atoms with Crippen molar-refractivity contribution in [2.75, 3.05) is 5.32 Å². The van der Waals surface area contributed by atoms with Gasteiger partial charge < -0.3 is 10.6 Å². The van der Waals surface area contributed by atoms with E-state index in [9.17, 15) is 9.18 Å². The highest BCUT2D eigenvalue weighted by Gasteiger charge is 2.14. The summed E-state index contributed by atoms with van der Waals surface area (Å²) in [4.78, 5) is 11.5. The average Bonchev–Trinajstić information content (AvgIpc) is 2.08. The van der Waals surface area contributed by atoms with Crippen LogP contribution in [0.3, 0.4) is 0 Å². The van der Waals surface area contributed by atoms with Crippen LogP contribution in [-0.4, -0.2) is 11.6 Å². The molecule has 4 heteroatoms. The van der Waals surface area contributed by atoms with Crippen LogP contribution in [0.15, 0.2) is 18.2 Å². The van der Waals surface area contributed by atoms with E-state index in [-0.39, 0.29) is 18.7 Å². The molecule has 3 nitrogen and oxygen atoms in total. The summed E-state index contributed by atoms with van der Waals surface area (Å²) in [5.74, 6) is -0.436. The summed E-state index contributed by atoms with van der Waals surface area (Å²) in [7, 11) is 0. The third-order valence-corrected chi connectivity index (χ3v) is 1.86. The Morgan fingerprint density at radius 3 is 2.41 bits per heavy atom. The van der Waals surface area contributed by atoms with Gasteiger partial charge in [0.15, 0.2) is 0 Å². The van der Waals surface area contributed by atoms with Crippen LogP contribution in [0.1, 0.15) is 33.8 Å². The maximum absolute atomic E-state index is 13.3. The van der Waals surface area contributed by atoms with Gasteiger partial charge in [-0.25, -0.2) is 9.18 Å². The van der Waals surface area contributed by atoms with Gasteiger partial charge in [0.25, 0.3) is 0 Å². The lowest BCUT2D eigenvalue weighted by atomic mass is 10.1. The van der Waals surface area contributed by atoms with E-state index in [2.05, 4.69) is 10.6 Å². The van der Waals surface area contributed by atoms with Crippen LogP contribution in [0.5, 0.6) is 0 Å². The smallest absolute Gasteiger partial charge is 0.319 e. The molecule has 0 radical (unpaired) electrons. The Morgan fingerprint density at radius 2 is 1.88 bits per heavy atom. The van der Waals surface area contributed by atoms with Gasteiger partial charge >= 0.3 is 6.03 Å². The number of rotatable bonds is 1. The number of aryl methyl sites for hydroxylation is 1. The Labute approximate surface area is 102 Å². The first-order chi connectivity index (χ1) is 7.28. The number of carbonyl (C=O) groups is 1. The number of nitrogens with one attached hydrogen (secondary N) is 2. The predicted molar refractivity (Wildman–Crippen MR) is 69.8 cm³/mol. The van der Waals surface area contributed by atoms with E-state index in [1.165, 1.54) is 6.07 Å². The Morgan fingerprint density at radius 1 is 1.29 bits per heavy atom. The van der Waals surface area contributed by atoms with Crippen LogP contribution in [-0.2, 0) is 0 Å². The molecule has 96 valence electrons. The fourth-order valence-electron chi connectivity index (χ4n) is 1.23. The van der Waals surface area contributed by atoms with Crippen molar-refractivity contribution in [1.82, 2.24) is 5.32 Å². The predicted octanol–water partition coefficient (Wildman–Crippen LogP) is 3.69. The van der Waals surface area contributed by atoms with Crippen LogP contribution in [0.2, 0.25) is 0 Å². The summed E-state index contributed by atoms with van der Waals surface area (Å²) >= 11 is 0. The second kappa shape index (κ2) is 5.66. The summed E-state index contributed by atoms with van der Waals surface area (Å²) in [6.45, 7) is 7.42. The molecule has 0 aliphatic heterocycles. The molecule has 2 N–H and O–H groups in total. The zero-order valence-electron chi connectivity index (χ0n) is 10.0. The lowest BCUT2D eigenvalue weighted by molar-refractivity contribution is 0.243. The van der Waals surface area contributed by atoms with Crippen molar-refractivity contribution in [1.29, 1.82) is 0 Å². The molecule has 1 rings (SSSR count). The minimum Gasteiger partial charge on any atom is -0.333 e. The van der Waals surface area contributed by atoms with Crippen molar-refractivity contribution >= 4 is 11.7 Å². The molecule has 0 unspecified atom stereocenters. The van der Waals surface area contributed by atoms with Gasteiger partial charge in [0.05, 0.1) is 5.69 Å². The van der Waals surface area contributed by atoms with Gasteiger partial charge in [0.2, 0.25) is 0 Å². The Hall–Kier alpha value is -1.58. The minimum atomic E-state index is -0.436. The lowest BCUT2D eigenvalue weighted by Gasteiger charge is -2.20. The quantitative estimate of drug-likeness (QED) is 0.772. The number of hydrogen-bond acceptors (Lipinski definition) is 1. The number of carbonyl (C=O) groups excluding carboxylic acids is 1. The number of hydrogen-bond donors (Lipinski definition) is 2. The van der Waals surface area contributed by atoms with Gasteiger partial charge in [0, 0.05) is 5.54 Å². The van der Waals surface area contributed by atoms with Gasteiger partial charge in [-0.15, -0.1) is 0 Å². The van der Waals surface area contributed by atoms with E-state index in [1.807, 2.05) is 27.7 Å². The van der Waals surface area contributed by atoms with Crippen molar-refractivity contribution in [3.8, 4) is 0 Å². The zero-order valence-corrected chi connectivity index (χ0v) is 10.0. The van der Waals surface area contributed by atoms with Crippen LogP contribution >= 0.6 is 0 Å². The van der Waals surface area contributed by atoms with Gasteiger partial charge in [0.1, 0.15) is 5.82 Å². The topological polar surface area (TPSA) is 41.1 Å². The molecule has 0 saturated carbocycles. The largest absolute Gasteiger partial charge is 0.333 e. The molecule has 1 aromatic carbocycles. The second-order valence-corrected chi connectivity index (χ2v) is 4.81. The van der Waals surface area contributed by atoms with E-state index in [0.717, 1.165) is 5.56 Å². The highest BCUT2D eigenvalue weighted by molar-refractivity contribution is 5.89. The molecule has 0 fully saturated rings. The van der Waals surface area contributed by atoms with Crippen LogP contribution in [0.4, 0.5) is 14.9 Å². The molecule has 0 aromatic heterocycles. The van der Waals surface area contributed by atoms with Crippen LogP contribution < -0.4 is 10.6 Å². The third kappa shape index (κ3) is 5.33. The van der Waals surface area contributed by atoms with E-state index in [0.29, 0.717) is 0 Å². The summed E-state index contributed by atoms with van der Waals surface area (Å²) in [5.41, 5.74) is 0.749. The molecule has 0 aliphatic rings. The molecule has 0 bridgehead atoms. The second-order valence-electron chi connectivity index (χ2n) is 4.81. The van der Waals surface area contributed by atoms with Crippen molar-refractivity contribution in [2.45, 2.75) is 40.7 Å². The lowest BCUT2D eigenvalue weighted by Crippen LogP contribution is -2.43. The molecule has 0 spiro atoms. The zero-order chi connectivity index (χ0) is 12.3. The number of halogens is 1. The maximum Gasteiger partial charge on any atom is 0.319 e. The molecule has 0 atom stereocenters. The Balaban J connectivity index is 0.00000256. The standard InChI is InChI=1S/C12H17FN2O.CH4/c1-8-5-6-9(13)10(7-8)14-11(16)15-12(2,3)4;/h5-7H,1-4H3,(H2,14,15,16);1H4. The van der Waals surface area contributed by atoms with Crippen LogP contribution in [0.25, 0.3) is 0 Å². The van der Waals surface area contributed by atoms with Crippen molar-refractivity contribution < 1.29 is 9.18 Å². The summed E-state index contributed by atoms with van der Waals surface area (Å²) in [5, 5.41) is 5.18. The first-order valence-electron chi connectivity index (χ1n) is 5.13. The molecule has 0 aliphatic carbocycles. The summed E-state index contributed by atoms with van der Waals surface area (Å²) in [6.07, 6.45) is 0. The SMILES string of the molecule is C.Cc1ccc(F)c(NC(=O)NC(C)(C)C)c1. The summed E-state index contributed by atoms with van der Waals surface area (Å²) < 4.78 is 13.3. The maximum atomic E-state index is 13.3. The van der Waals surface area contributed by atoms with Crippen LogP contribution in [0, 0.1) is 12.7 Å². The fourth-order valence-corrected chi connectivity index (χ4v) is 1.23. The van der Waals surface area contributed by atoms with E-state index < -0.39 is 11.8 Å². The number of urea groups is 1. The highest BCUT2D eigenvalue weighted by Crippen LogP contribution is 2.15. The monoisotopic (exact) mass is 240 g/mol. The third-order valence-electron chi connectivity index (χ3n) is 1.86. The van der Waals surface area contributed by atoms with E-state index >= 15 is 0 Å². The normalized spacial score (nSPS) is 10.4.